The Morgan fingerprint density at radius 2 is 0.750 bits per heavy atom. The van der Waals surface area contributed by atoms with Gasteiger partial charge < -0.3 is 4.74 Å². The summed E-state index contributed by atoms with van der Waals surface area (Å²) in [5.41, 5.74) is 23.6. The molecule has 5 heteroatoms. The van der Waals surface area contributed by atoms with E-state index in [4.69, 9.17) is 4.74 Å². The fourth-order valence-corrected chi connectivity index (χ4v) is 8.48. The van der Waals surface area contributed by atoms with Gasteiger partial charge in [0.25, 0.3) is 0 Å². The minimum Gasteiger partial charge on any atom is -0.497 e. The van der Waals surface area contributed by atoms with Crippen LogP contribution in [0.4, 0.5) is 11.4 Å². The standard InChI is InChI=1S/C33H40N2.C30H34N2O/c1-23(2)26-11-8-25(9-12-26)10-19-30-22-32(28-15-13-27(14-16-28)24(3)4)35(34-30)31-20-17-29(18-21-31)33(5,6)7;1-21(2)24-9-6-23(7-10-24)8-15-27-20-30(26-13-11-25(12-14-26)22(3)4)32(31-27)28-16-18-29(33-5)19-17-28/h8-24,32,34H,1-7H3;6-22,30-31H,1-5H3. The zero-order valence-corrected chi connectivity index (χ0v) is 42.6. The summed E-state index contributed by atoms with van der Waals surface area (Å²) in [5.74, 6) is 3.00. The average molecular weight is 903 g/mol. The molecule has 6 aromatic rings. The van der Waals surface area contributed by atoms with Crippen molar-refractivity contribution >= 4 is 23.5 Å². The van der Waals surface area contributed by atoms with E-state index in [2.05, 4.69) is 267 Å². The SMILES string of the molecule is CC(C)c1ccc(C=CC2=CC(c3ccc(C(C)C)cc3)N(c3ccc(C(C)(C)C)cc3)N2)cc1.COc1ccc(N2NC(C=Cc3ccc(C(C)C)cc3)=CC2c2ccc(C(C)C)cc2)cc1. The van der Waals surface area contributed by atoms with Crippen molar-refractivity contribution in [1.29, 1.82) is 0 Å². The first kappa shape index (κ1) is 49.2. The largest absolute Gasteiger partial charge is 0.497 e. The topological polar surface area (TPSA) is 39.8 Å². The fraction of sp³-hybridized carbons (Fsp3) is 0.302. The van der Waals surface area contributed by atoms with Crippen molar-refractivity contribution in [3.05, 3.63) is 231 Å². The predicted octanol–water partition coefficient (Wildman–Crippen LogP) is 16.5. The highest BCUT2D eigenvalue weighted by Gasteiger charge is 2.28. The lowest BCUT2D eigenvalue weighted by Crippen LogP contribution is -2.34. The van der Waals surface area contributed by atoms with E-state index in [0.717, 1.165) is 28.5 Å². The number of hydrogen-bond acceptors (Lipinski definition) is 5. The molecule has 0 saturated heterocycles. The van der Waals surface area contributed by atoms with E-state index in [-0.39, 0.29) is 17.5 Å². The number of nitrogens with one attached hydrogen (secondary N) is 2. The van der Waals surface area contributed by atoms with Crippen LogP contribution in [0.5, 0.6) is 5.75 Å². The van der Waals surface area contributed by atoms with Crippen LogP contribution in [-0.4, -0.2) is 7.11 Å². The number of nitrogens with zero attached hydrogens (tertiary/aromatic N) is 2. The van der Waals surface area contributed by atoms with Gasteiger partial charge in [-0.1, -0.05) is 198 Å². The van der Waals surface area contributed by atoms with Crippen LogP contribution in [-0.2, 0) is 5.41 Å². The average Bonchev–Trinajstić information content (AvgIpc) is 3.98. The molecule has 0 aromatic heterocycles. The molecule has 352 valence electrons. The monoisotopic (exact) mass is 903 g/mol. The van der Waals surface area contributed by atoms with Crippen molar-refractivity contribution in [2.75, 3.05) is 17.1 Å². The maximum absolute atomic E-state index is 5.35. The van der Waals surface area contributed by atoms with E-state index in [1.54, 1.807) is 7.11 Å². The molecule has 0 aliphatic carbocycles. The van der Waals surface area contributed by atoms with Gasteiger partial charge in [0.1, 0.15) is 5.75 Å². The Morgan fingerprint density at radius 3 is 1.06 bits per heavy atom. The molecule has 0 saturated carbocycles. The minimum absolute atomic E-state index is 0.0996. The van der Waals surface area contributed by atoms with Gasteiger partial charge in [-0.2, -0.15) is 0 Å². The van der Waals surface area contributed by atoms with Gasteiger partial charge in [0.2, 0.25) is 0 Å². The van der Waals surface area contributed by atoms with E-state index < -0.39 is 0 Å². The smallest absolute Gasteiger partial charge is 0.119 e. The number of allylic oxidation sites excluding steroid dienone is 2. The lowest BCUT2D eigenvalue weighted by molar-refractivity contribution is 0.415. The first-order valence-electron chi connectivity index (χ1n) is 24.6. The third-order valence-corrected chi connectivity index (χ3v) is 13.1. The van der Waals surface area contributed by atoms with Gasteiger partial charge in [0, 0.05) is 0 Å². The third-order valence-electron chi connectivity index (χ3n) is 13.1. The normalized spacial score (nSPS) is 16.1. The quantitative estimate of drug-likeness (QED) is 0.121. The van der Waals surface area contributed by atoms with Crippen LogP contribution in [0.1, 0.15) is 162 Å². The molecular formula is C63H74N4O. The van der Waals surface area contributed by atoms with E-state index in [0.29, 0.717) is 23.7 Å². The number of methoxy groups -OCH3 is 1. The van der Waals surface area contributed by atoms with E-state index in [1.807, 2.05) is 12.1 Å². The Morgan fingerprint density at radius 1 is 0.426 bits per heavy atom. The molecule has 5 nitrogen and oxygen atoms in total. The molecule has 2 aliphatic heterocycles. The zero-order chi connectivity index (χ0) is 48.5. The summed E-state index contributed by atoms with van der Waals surface area (Å²) in [6, 6.07) is 53.0. The van der Waals surface area contributed by atoms with Gasteiger partial charge in [0.05, 0.1) is 42.0 Å². The summed E-state index contributed by atoms with van der Waals surface area (Å²) in [5, 5.41) is 4.49. The van der Waals surface area contributed by atoms with Crippen LogP contribution >= 0.6 is 0 Å². The highest BCUT2D eigenvalue weighted by Crippen LogP contribution is 2.36. The highest BCUT2D eigenvalue weighted by atomic mass is 16.5. The lowest BCUT2D eigenvalue weighted by Gasteiger charge is -2.28. The summed E-state index contributed by atoms with van der Waals surface area (Å²) in [7, 11) is 1.69. The van der Waals surface area contributed by atoms with Crippen molar-refractivity contribution < 1.29 is 4.74 Å². The zero-order valence-electron chi connectivity index (χ0n) is 42.6. The van der Waals surface area contributed by atoms with Crippen molar-refractivity contribution in [1.82, 2.24) is 10.9 Å². The molecule has 0 radical (unpaired) electrons. The van der Waals surface area contributed by atoms with Crippen LogP contribution in [0.15, 0.2) is 181 Å². The molecule has 2 atom stereocenters. The van der Waals surface area contributed by atoms with Gasteiger partial charge in [0.15, 0.2) is 0 Å². The van der Waals surface area contributed by atoms with Gasteiger partial charge in [-0.25, -0.2) is 0 Å². The Labute approximate surface area is 408 Å². The third kappa shape index (κ3) is 12.4. The molecule has 68 heavy (non-hydrogen) atoms. The molecule has 2 N–H and O–H groups in total. The van der Waals surface area contributed by atoms with Crippen LogP contribution < -0.4 is 25.6 Å². The molecule has 0 spiro atoms. The maximum atomic E-state index is 5.35. The number of rotatable bonds is 13. The van der Waals surface area contributed by atoms with E-state index in [9.17, 15) is 0 Å². The summed E-state index contributed by atoms with van der Waals surface area (Å²) in [6.07, 6.45) is 13.3. The molecule has 0 amide bonds. The van der Waals surface area contributed by atoms with Crippen LogP contribution in [0.2, 0.25) is 0 Å². The Bertz CT molecular complexity index is 2660. The maximum Gasteiger partial charge on any atom is 0.119 e. The second-order valence-electron chi connectivity index (χ2n) is 20.5. The number of hydrogen-bond donors (Lipinski definition) is 2. The summed E-state index contributed by atoms with van der Waals surface area (Å²) < 4.78 is 5.35. The molecule has 2 aliphatic rings. The number of anilines is 2. The van der Waals surface area contributed by atoms with Gasteiger partial charge >= 0.3 is 0 Å². The van der Waals surface area contributed by atoms with Gasteiger partial charge in [-0.05, 0) is 140 Å². The van der Waals surface area contributed by atoms with Crippen molar-refractivity contribution in [3.63, 3.8) is 0 Å². The van der Waals surface area contributed by atoms with Gasteiger partial charge in [-0.15, -0.1) is 0 Å². The highest BCUT2D eigenvalue weighted by molar-refractivity contribution is 5.61. The molecule has 2 heterocycles. The van der Waals surface area contributed by atoms with E-state index >= 15 is 0 Å². The first-order chi connectivity index (χ1) is 32.6. The molecule has 0 bridgehead atoms. The van der Waals surface area contributed by atoms with Gasteiger partial charge in [-0.3, -0.25) is 20.9 Å². The lowest BCUT2D eigenvalue weighted by atomic mass is 9.87. The first-order valence-corrected chi connectivity index (χ1v) is 24.6. The molecule has 2 unspecified atom stereocenters. The molecule has 6 aromatic carbocycles. The Balaban J connectivity index is 0.000000202. The van der Waals surface area contributed by atoms with E-state index in [1.165, 1.54) is 50.1 Å². The van der Waals surface area contributed by atoms with Crippen LogP contribution in [0.25, 0.3) is 12.2 Å². The number of benzene rings is 6. The number of hydrazine groups is 2. The van der Waals surface area contributed by atoms with Crippen molar-refractivity contribution in [2.24, 2.45) is 0 Å². The Hall–Kier alpha value is -6.72. The van der Waals surface area contributed by atoms with Crippen LogP contribution in [0.3, 0.4) is 0 Å². The summed E-state index contributed by atoms with van der Waals surface area (Å²) in [6.45, 7) is 24.6. The van der Waals surface area contributed by atoms with Crippen LogP contribution in [0, 0.1) is 0 Å². The molecular weight excluding hydrogens is 829 g/mol. The molecule has 0 fully saturated rings. The Kier molecular flexibility index (Phi) is 15.9. The minimum atomic E-state index is 0.0996. The van der Waals surface area contributed by atoms with Crippen molar-refractivity contribution in [3.8, 4) is 5.75 Å². The summed E-state index contributed by atoms with van der Waals surface area (Å²) in [4.78, 5) is 0. The summed E-state index contributed by atoms with van der Waals surface area (Å²) >= 11 is 0. The molecule has 8 rings (SSSR count). The predicted molar refractivity (Wildman–Crippen MR) is 291 cm³/mol. The number of ether oxygens (including phenoxy) is 1. The second kappa shape index (κ2) is 21.9. The van der Waals surface area contributed by atoms with Crippen molar-refractivity contribution in [2.45, 2.75) is 117 Å². The fourth-order valence-electron chi connectivity index (χ4n) is 8.48. The second-order valence-corrected chi connectivity index (χ2v) is 20.5.